The molecule has 3 amide bonds. The third-order valence-corrected chi connectivity index (χ3v) is 3.38. The Hall–Kier alpha value is -2.82. The van der Waals surface area contributed by atoms with Gasteiger partial charge in [-0.1, -0.05) is 70.7 Å². The summed E-state index contributed by atoms with van der Waals surface area (Å²) in [6, 6.07) is -0.0706. The summed E-state index contributed by atoms with van der Waals surface area (Å²) in [7, 11) is 3.39. The third kappa shape index (κ3) is 13.1. The molecule has 2 N–H and O–H groups in total. The molecule has 0 radical (unpaired) electrons. The molecule has 0 spiro atoms. The number of rotatable bonds is 4. The van der Waals surface area contributed by atoms with Gasteiger partial charge < -0.3 is 15.5 Å². The summed E-state index contributed by atoms with van der Waals surface area (Å²) in [5.41, 5.74) is 3.65. The quantitative estimate of drug-likeness (QED) is 0.479. The van der Waals surface area contributed by atoms with Gasteiger partial charge >= 0.3 is 6.03 Å². The predicted octanol–water partition coefficient (Wildman–Crippen LogP) is 5.52. The van der Waals surface area contributed by atoms with Crippen LogP contribution in [0, 0.1) is 0 Å². The normalized spacial score (nSPS) is 14.9. The van der Waals surface area contributed by atoms with Gasteiger partial charge in [0, 0.05) is 31.9 Å². The molecule has 5 nitrogen and oxygen atoms in total. The molecular weight excluding hydrogens is 362 g/mol. The van der Waals surface area contributed by atoms with E-state index in [4.69, 9.17) is 0 Å². The second-order valence-corrected chi connectivity index (χ2v) is 5.50. The molecular formula is C24H41N3O2. The van der Waals surface area contributed by atoms with Crippen molar-refractivity contribution in [2.24, 2.45) is 0 Å². The highest BCUT2D eigenvalue weighted by molar-refractivity contribution is 5.96. The van der Waals surface area contributed by atoms with Crippen molar-refractivity contribution in [2.45, 2.75) is 48.5 Å². The van der Waals surface area contributed by atoms with E-state index in [-0.39, 0.29) is 11.9 Å². The Kier molecular flexibility index (Phi) is 21.2. The summed E-state index contributed by atoms with van der Waals surface area (Å²) >= 11 is 0. The minimum atomic E-state index is -0.0706. The molecule has 0 saturated carbocycles. The van der Waals surface area contributed by atoms with E-state index in [1.165, 1.54) is 0 Å². The monoisotopic (exact) mass is 403 g/mol. The highest BCUT2D eigenvalue weighted by Gasteiger charge is 2.19. The Balaban J connectivity index is -0.000000399. The van der Waals surface area contributed by atoms with Crippen LogP contribution in [0.2, 0.25) is 0 Å². The molecule has 164 valence electrons. The lowest BCUT2D eigenvalue weighted by Crippen LogP contribution is -2.44. The third-order valence-electron chi connectivity index (χ3n) is 3.38. The van der Waals surface area contributed by atoms with Gasteiger partial charge in [0.1, 0.15) is 0 Å². The molecule has 1 saturated heterocycles. The molecule has 1 fully saturated rings. The second kappa shape index (κ2) is 19.9. The summed E-state index contributed by atoms with van der Waals surface area (Å²) in [4.78, 5) is 24.1. The lowest BCUT2D eigenvalue weighted by molar-refractivity contribution is -0.116. The van der Waals surface area contributed by atoms with Crippen molar-refractivity contribution in [2.75, 3.05) is 20.6 Å². The molecule has 0 bridgehead atoms. The van der Waals surface area contributed by atoms with Crippen LogP contribution in [-0.2, 0) is 4.79 Å². The molecule has 29 heavy (non-hydrogen) atoms. The number of amides is 3. The van der Waals surface area contributed by atoms with Crippen LogP contribution in [0.1, 0.15) is 48.5 Å². The maximum absolute atomic E-state index is 11.3. The Labute approximate surface area is 178 Å². The number of urea groups is 1. The van der Waals surface area contributed by atoms with Crippen molar-refractivity contribution < 1.29 is 9.59 Å². The fourth-order valence-electron chi connectivity index (χ4n) is 1.99. The molecule has 1 heterocycles. The number of hydrogen-bond donors (Lipinski definition) is 2. The first-order valence-electron chi connectivity index (χ1n) is 10.0. The first kappa shape index (κ1) is 30.9. The number of carbonyl (C=O) groups excluding carboxylic acids is 2. The number of allylic oxidation sites excluding steroid dienone is 6. The predicted molar refractivity (Wildman–Crippen MR) is 128 cm³/mol. The van der Waals surface area contributed by atoms with Crippen molar-refractivity contribution in [1.82, 2.24) is 15.5 Å². The van der Waals surface area contributed by atoms with Gasteiger partial charge in [0.25, 0.3) is 5.91 Å². The minimum Gasteiger partial charge on any atom is -0.355 e. The van der Waals surface area contributed by atoms with Gasteiger partial charge in [0.2, 0.25) is 0 Å². The second-order valence-electron chi connectivity index (χ2n) is 5.50. The average molecular weight is 404 g/mol. The zero-order valence-electron chi connectivity index (χ0n) is 19.8. The summed E-state index contributed by atoms with van der Waals surface area (Å²) < 4.78 is 0. The highest BCUT2D eigenvalue weighted by atomic mass is 16.2. The molecule has 0 aromatic heterocycles. The zero-order valence-corrected chi connectivity index (χ0v) is 19.8. The minimum absolute atomic E-state index is 0.0619. The SMILES string of the molecule is C=C/C=C1/NC(=O)N(C)C/C1=C/C.C=C/C=C\C(C(=O)NC)=C(C)C.CC.CC. The Morgan fingerprint density at radius 3 is 2.07 bits per heavy atom. The molecule has 1 aliphatic heterocycles. The topological polar surface area (TPSA) is 61.4 Å². The van der Waals surface area contributed by atoms with Gasteiger partial charge in [0.05, 0.1) is 0 Å². The average Bonchev–Trinajstić information content (AvgIpc) is 2.74. The standard InChI is InChI=1S/C10H14N2O.C10H15NO.2C2H6/c1-4-6-9-8(5-2)7-12(3)10(13)11-9;1-5-6-7-9(8(2)3)10(12)11-4;2*1-2/h4-6H,1,7H2,2-3H3,(H,11,13);5-7H,1H2,2-4H3,(H,11,12);2*1-2H3/b8-5-,9-6+;7-6-;;. The largest absolute Gasteiger partial charge is 0.355 e. The van der Waals surface area contributed by atoms with Crippen molar-refractivity contribution in [3.8, 4) is 0 Å². The van der Waals surface area contributed by atoms with Crippen LogP contribution in [0.5, 0.6) is 0 Å². The highest BCUT2D eigenvalue weighted by Crippen LogP contribution is 2.14. The van der Waals surface area contributed by atoms with Gasteiger partial charge in [-0.25, -0.2) is 4.79 Å². The molecule has 0 aromatic carbocycles. The first-order valence-corrected chi connectivity index (χ1v) is 10.0. The summed E-state index contributed by atoms with van der Waals surface area (Å²) in [6.45, 7) is 21.5. The van der Waals surface area contributed by atoms with Gasteiger partial charge in [-0.2, -0.15) is 0 Å². The molecule has 0 unspecified atom stereocenters. The Bertz CT molecular complexity index is 635. The zero-order chi connectivity index (χ0) is 23.4. The number of likely N-dealkylation sites (N-methyl/N-ethyl adjacent to an activating group) is 2. The number of carbonyl (C=O) groups is 2. The summed E-state index contributed by atoms with van der Waals surface area (Å²) in [6.07, 6.45) is 10.6. The fraction of sp³-hybridized carbons (Fsp3) is 0.417. The van der Waals surface area contributed by atoms with Crippen LogP contribution >= 0.6 is 0 Å². The van der Waals surface area contributed by atoms with Crippen molar-refractivity contribution in [3.63, 3.8) is 0 Å². The lowest BCUT2D eigenvalue weighted by Gasteiger charge is -2.27. The fourth-order valence-corrected chi connectivity index (χ4v) is 1.99. The van der Waals surface area contributed by atoms with E-state index in [0.29, 0.717) is 12.1 Å². The van der Waals surface area contributed by atoms with E-state index in [9.17, 15) is 9.59 Å². The molecule has 0 aliphatic carbocycles. The van der Waals surface area contributed by atoms with Crippen LogP contribution in [-0.4, -0.2) is 37.5 Å². The van der Waals surface area contributed by atoms with E-state index < -0.39 is 0 Å². The smallest absolute Gasteiger partial charge is 0.321 e. The van der Waals surface area contributed by atoms with E-state index in [1.54, 1.807) is 49.4 Å². The van der Waals surface area contributed by atoms with Gasteiger partial charge in [-0.15, -0.1) is 0 Å². The van der Waals surface area contributed by atoms with E-state index >= 15 is 0 Å². The Morgan fingerprint density at radius 1 is 1.14 bits per heavy atom. The van der Waals surface area contributed by atoms with Crippen molar-refractivity contribution in [1.29, 1.82) is 0 Å². The maximum atomic E-state index is 11.3. The summed E-state index contributed by atoms with van der Waals surface area (Å²) in [5, 5.41) is 5.35. The molecule has 0 atom stereocenters. The number of hydrogen-bond acceptors (Lipinski definition) is 2. The van der Waals surface area contributed by atoms with E-state index in [0.717, 1.165) is 16.8 Å². The molecule has 5 heteroatoms. The van der Waals surface area contributed by atoms with Crippen LogP contribution in [0.3, 0.4) is 0 Å². The molecule has 1 aliphatic rings. The number of nitrogens with one attached hydrogen (secondary N) is 2. The van der Waals surface area contributed by atoms with Crippen LogP contribution in [0.4, 0.5) is 4.79 Å². The van der Waals surface area contributed by atoms with Crippen LogP contribution in [0.15, 0.2) is 72.0 Å². The van der Waals surface area contributed by atoms with Gasteiger partial charge in [-0.05, 0) is 38.5 Å². The van der Waals surface area contributed by atoms with Gasteiger partial charge in [0.15, 0.2) is 0 Å². The van der Waals surface area contributed by atoms with Crippen LogP contribution in [0.25, 0.3) is 0 Å². The van der Waals surface area contributed by atoms with Crippen molar-refractivity contribution in [3.05, 3.63) is 72.0 Å². The van der Waals surface area contributed by atoms with Crippen molar-refractivity contribution >= 4 is 11.9 Å². The molecule has 1 rings (SSSR count). The van der Waals surface area contributed by atoms with Gasteiger partial charge in [-0.3, -0.25) is 4.79 Å². The van der Waals surface area contributed by atoms with E-state index in [2.05, 4.69) is 23.8 Å². The molecule has 0 aromatic rings. The lowest BCUT2D eigenvalue weighted by atomic mass is 10.1. The summed E-state index contributed by atoms with van der Waals surface area (Å²) in [5.74, 6) is -0.0619. The first-order chi connectivity index (χ1) is 13.8. The van der Waals surface area contributed by atoms with E-state index in [1.807, 2.05) is 54.5 Å². The number of nitrogens with zero attached hydrogens (tertiary/aromatic N) is 1. The Morgan fingerprint density at radius 2 is 1.69 bits per heavy atom. The van der Waals surface area contributed by atoms with Crippen LogP contribution < -0.4 is 10.6 Å². The maximum Gasteiger partial charge on any atom is 0.321 e.